The molecule has 0 radical (unpaired) electrons. The Labute approximate surface area is 140 Å². The van der Waals surface area contributed by atoms with Crippen molar-refractivity contribution in [2.45, 2.75) is 76.5 Å². The van der Waals surface area contributed by atoms with Crippen LogP contribution in [0, 0.1) is 5.92 Å². The number of hydrogen-bond donors (Lipinski definition) is 1. The first-order chi connectivity index (χ1) is 10.9. The fourth-order valence-corrected chi connectivity index (χ4v) is 4.11. The molecule has 1 spiro atoms. The van der Waals surface area contributed by atoms with Gasteiger partial charge >= 0.3 is 6.09 Å². The van der Waals surface area contributed by atoms with Crippen LogP contribution in [0.5, 0.6) is 0 Å². The molecule has 3 aliphatic rings. The number of ether oxygens (including phenoxy) is 2. The molecule has 5 nitrogen and oxygen atoms in total. The van der Waals surface area contributed by atoms with Crippen LogP contribution in [0.3, 0.4) is 0 Å². The van der Waals surface area contributed by atoms with E-state index in [0.29, 0.717) is 12.0 Å². The van der Waals surface area contributed by atoms with Crippen molar-refractivity contribution in [2.24, 2.45) is 5.92 Å². The fourth-order valence-electron chi connectivity index (χ4n) is 4.11. The lowest BCUT2D eigenvalue weighted by Crippen LogP contribution is -2.63. The minimum absolute atomic E-state index is 0.0461. The quantitative estimate of drug-likeness (QED) is 0.867. The van der Waals surface area contributed by atoms with E-state index in [9.17, 15) is 4.79 Å². The number of carbonyl (C=O) groups is 1. The number of carbonyl (C=O) groups excluding carboxylic acids is 1. The number of rotatable bonds is 3. The van der Waals surface area contributed by atoms with Crippen LogP contribution in [0.4, 0.5) is 4.79 Å². The largest absolute Gasteiger partial charge is 0.444 e. The zero-order chi connectivity index (χ0) is 16.5. The van der Waals surface area contributed by atoms with Gasteiger partial charge < -0.3 is 19.7 Å². The molecular formula is C18H32N2O3. The predicted octanol–water partition coefficient (Wildman–Crippen LogP) is 2.93. The first kappa shape index (κ1) is 17.0. The SMILES string of the molecule is CC(C)(C)OC(=O)N1CCC(NCC2CCOC2)CC12CCC2. The van der Waals surface area contributed by atoms with Crippen molar-refractivity contribution in [1.29, 1.82) is 0 Å². The predicted molar refractivity (Wildman–Crippen MR) is 89.5 cm³/mol. The van der Waals surface area contributed by atoms with E-state index in [1.165, 1.54) is 12.8 Å². The summed E-state index contributed by atoms with van der Waals surface area (Å²) in [6.45, 7) is 9.49. The molecule has 1 amide bonds. The maximum absolute atomic E-state index is 12.6. The summed E-state index contributed by atoms with van der Waals surface area (Å²) in [7, 11) is 0. The van der Waals surface area contributed by atoms with Crippen LogP contribution in [0.1, 0.15) is 59.3 Å². The number of nitrogens with one attached hydrogen (secondary N) is 1. The van der Waals surface area contributed by atoms with Gasteiger partial charge in [0, 0.05) is 31.3 Å². The van der Waals surface area contributed by atoms with Gasteiger partial charge in [0.05, 0.1) is 6.61 Å². The lowest BCUT2D eigenvalue weighted by atomic mass is 9.69. The zero-order valence-corrected chi connectivity index (χ0v) is 14.9. The van der Waals surface area contributed by atoms with Gasteiger partial charge in [0.15, 0.2) is 0 Å². The Morgan fingerprint density at radius 1 is 1.35 bits per heavy atom. The molecule has 0 aromatic carbocycles. The Kier molecular flexibility index (Phi) is 4.88. The van der Waals surface area contributed by atoms with Gasteiger partial charge in [-0.25, -0.2) is 4.79 Å². The topological polar surface area (TPSA) is 50.8 Å². The normalized spacial score (nSPS) is 30.3. The molecule has 1 aliphatic carbocycles. The first-order valence-electron chi connectivity index (χ1n) is 9.20. The second kappa shape index (κ2) is 6.60. The van der Waals surface area contributed by atoms with Gasteiger partial charge in [0.1, 0.15) is 5.60 Å². The highest BCUT2D eigenvalue weighted by molar-refractivity contribution is 5.69. The van der Waals surface area contributed by atoms with Crippen LogP contribution >= 0.6 is 0 Å². The summed E-state index contributed by atoms with van der Waals surface area (Å²) < 4.78 is 11.1. The highest BCUT2D eigenvalue weighted by Gasteiger charge is 2.49. The fraction of sp³-hybridized carbons (Fsp3) is 0.944. The minimum atomic E-state index is -0.417. The zero-order valence-electron chi connectivity index (χ0n) is 14.9. The Balaban J connectivity index is 1.55. The standard InChI is InChI=1S/C18H32N2O3/c1-17(2,3)23-16(21)20-9-5-15(11-18(20)7-4-8-18)19-12-14-6-10-22-13-14/h14-15,19H,4-13H2,1-3H3. The van der Waals surface area contributed by atoms with Crippen LogP contribution in [0.15, 0.2) is 0 Å². The molecule has 2 aliphatic heterocycles. The Morgan fingerprint density at radius 3 is 2.70 bits per heavy atom. The Morgan fingerprint density at radius 2 is 2.13 bits per heavy atom. The number of hydrogen-bond acceptors (Lipinski definition) is 4. The van der Waals surface area contributed by atoms with Crippen molar-refractivity contribution in [3.8, 4) is 0 Å². The molecule has 0 bridgehead atoms. The Hall–Kier alpha value is -0.810. The van der Waals surface area contributed by atoms with Crippen molar-refractivity contribution < 1.29 is 14.3 Å². The maximum atomic E-state index is 12.6. The van der Waals surface area contributed by atoms with E-state index in [4.69, 9.17) is 9.47 Å². The molecule has 0 aromatic rings. The van der Waals surface area contributed by atoms with Crippen LogP contribution in [0.2, 0.25) is 0 Å². The van der Waals surface area contributed by atoms with Crippen LogP contribution < -0.4 is 5.32 Å². The number of amides is 1. The summed E-state index contributed by atoms with van der Waals surface area (Å²) in [5.74, 6) is 0.663. The summed E-state index contributed by atoms with van der Waals surface area (Å²) in [5, 5.41) is 3.74. The third-order valence-electron chi connectivity index (χ3n) is 5.52. The monoisotopic (exact) mass is 324 g/mol. The highest BCUT2D eigenvalue weighted by atomic mass is 16.6. The summed E-state index contributed by atoms with van der Waals surface area (Å²) in [4.78, 5) is 14.6. The van der Waals surface area contributed by atoms with Crippen molar-refractivity contribution in [3.05, 3.63) is 0 Å². The van der Waals surface area contributed by atoms with Crippen LogP contribution in [-0.4, -0.2) is 54.5 Å². The Bertz CT molecular complexity index is 422. The van der Waals surface area contributed by atoms with E-state index < -0.39 is 5.60 Å². The average molecular weight is 324 g/mol. The molecule has 2 heterocycles. The number of piperidine rings is 1. The molecule has 2 unspecified atom stereocenters. The second-order valence-electron chi connectivity index (χ2n) is 8.54. The van der Waals surface area contributed by atoms with E-state index in [-0.39, 0.29) is 11.6 Å². The van der Waals surface area contributed by atoms with Gasteiger partial charge in [-0.15, -0.1) is 0 Å². The molecule has 3 fully saturated rings. The van der Waals surface area contributed by atoms with E-state index in [0.717, 1.165) is 52.0 Å². The molecular weight excluding hydrogens is 292 g/mol. The van der Waals surface area contributed by atoms with Gasteiger partial charge in [0.25, 0.3) is 0 Å². The van der Waals surface area contributed by atoms with Gasteiger partial charge in [-0.2, -0.15) is 0 Å². The molecule has 1 saturated carbocycles. The molecule has 5 heteroatoms. The molecule has 2 saturated heterocycles. The highest BCUT2D eigenvalue weighted by Crippen LogP contribution is 2.45. The van der Waals surface area contributed by atoms with Crippen molar-refractivity contribution in [3.63, 3.8) is 0 Å². The van der Waals surface area contributed by atoms with Gasteiger partial charge in [-0.3, -0.25) is 0 Å². The van der Waals surface area contributed by atoms with Gasteiger partial charge in [-0.05, 0) is 65.2 Å². The van der Waals surface area contributed by atoms with Gasteiger partial charge in [0.2, 0.25) is 0 Å². The minimum Gasteiger partial charge on any atom is -0.444 e. The van der Waals surface area contributed by atoms with E-state index in [1.54, 1.807) is 0 Å². The van der Waals surface area contributed by atoms with Crippen molar-refractivity contribution >= 4 is 6.09 Å². The van der Waals surface area contributed by atoms with E-state index >= 15 is 0 Å². The number of likely N-dealkylation sites (tertiary alicyclic amines) is 1. The smallest absolute Gasteiger partial charge is 0.410 e. The molecule has 0 aromatic heterocycles. The summed E-state index contributed by atoms with van der Waals surface area (Å²) in [6.07, 6.45) is 6.61. The summed E-state index contributed by atoms with van der Waals surface area (Å²) in [6, 6.07) is 0.523. The first-order valence-corrected chi connectivity index (χ1v) is 9.20. The molecule has 3 rings (SSSR count). The maximum Gasteiger partial charge on any atom is 0.410 e. The van der Waals surface area contributed by atoms with Crippen molar-refractivity contribution in [1.82, 2.24) is 10.2 Å². The average Bonchev–Trinajstić information content (AvgIpc) is 2.94. The third kappa shape index (κ3) is 4.00. The second-order valence-corrected chi connectivity index (χ2v) is 8.54. The van der Waals surface area contributed by atoms with E-state index in [1.807, 2.05) is 25.7 Å². The summed E-state index contributed by atoms with van der Waals surface area (Å²) >= 11 is 0. The molecule has 1 N–H and O–H groups in total. The molecule has 2 atom stereocenters. The molecule has 23 heavy (non-hydrogen) atoms. The third-order valence-corrected chi connectivity index (χ3v) is 5.52. The van der Waals surface area contributed by atoms with E-state index in [2.05, 4.69) is 5.32 Å². The van der Waals surface area contributed by atoms with Crippen molar-refractivity contribution in [2.75, 3.05) is 26.3 Å². The lowest BCUT2D eigenvalue weighted by Gasteiger charge is -2.55. The van der Waals surface area contributed by atoms with Gasteiger partial charge in [-0.1, -0.05) is 0 Å². The lowest BCUT2D eigenvalue weighted by molar-refractivity contribution is -0.0495. The number of nitrogens with zero attached hydrogens (tertiary/aromatic N) is 1. The molecule has 132 valence electrons. The summed E-state index contributed by atoms with van der Waals surface area (Å²) in [5.41, 5.74) is -0.371. The van der Waals surface area contributed by atoms with Crippen LogP contribution in [-0.2, 0) is 9.47 Å². The van der Waals surface area contributed by atoms with Crippen LogP contribution in [0.25, 0.3) is 0 Å².